The maximum absolute atomic E-state index is 9.58. The van der Waals surface area contributed by atoms with Gasteiger partial charge >= 0.3 is 0 Å². The van der Waals surface area contributed by atoms with E-state index in [4.69, 9.17) is 23.2 Å². The molecule has 0 aliphatic rings. The normalized spacial score (nSPS) is 10.2. The second kappa shape index (κ2) is 4.07. The number of phenols is 1. The number of anilines is 1. The van der Waals surface area contributed by atoms with E-state index in [2.05, 4.69) is 5.32 Å². The average molecular weight is 220 g/mol. The highest BCUT2D eigenvalue weighted by molar-refractivity contribution is 6.37. The van der Waals surface area contributed by atoms with E-state index in [9.17, 15) is 5.11 Å². The Morgan fingerprint density at radius 1 is 1.46 bits per heavy atom. The molecular formula is C9H11Cl2NO. The van der Waals surface area contributed by atoms with Crippen molar-refractivity contribution in [2.45, 2.75) is 13.3 Å². The fraction of sp³-hybridized carbons (Fsp3) is 0.333. The molecular weight excluding hydrogens is 209 g/mol. The van der Waals surface area contributed by atoms with Crippen LogP contribution in [0.1, 0.15) is 12.5 Å². The molecule has 0 radical (unpaired) electrons. The molecule has 4 heteroatoms. The van der Waals surface area contributed by atoms with Gasteiger partial charge in [0.1, 0.15) is 0 Å². The SMILES string of the molecule is CCc1c(Cl)cc(NC)c(O)c1Cl. The maximum atomic E-state index is 9.58. The zero-order valence-corrected chi connectivity index (χ0v) is 9.00. The molecule has 72 valence electrons. The second-order valence-electron chi connectivity index (χ2n) is 2.65. The number of nitrogens with one attached hydrogen (secondary N) is 1. The minimum absolute atomic E-state index is 0.0606. The Morgan fingerprint density at radius 3 is 2.54 bits per heavy atom. The highest BCUT2D eigenvalue weighted by Gasteiger charge is 2.12. The molecule has 0 aliphatic heterocycles. The number of hydrogen-bond acceptors (Lipinski definition) is 2. The summed E-state index contributed by atoms with van der Waals surface area (Å²) in [5.74, 6) is 0.0606. The summed E-state index contributed by atoms with van der Waals surface area (Å²) in [5.41, 5.74) is 1.33. The van der Waals surface area contributed by atoms with Crippen molar-refractivity contribution < 1.29 is 5.11 Å². The molecule has 0 saturated carbocycles. The average Bonchev–Trinajstić information content (AvgIpc) is 2.12. The van der Waals surface area contributed by atoms with Gasteiger partial charge in [-0.25, -0.2) is 0 Å². The van der Waals surface area contributed by atoms with E-state index < -0.39 is 0 Å². The summed E-state index contributed by atoms with van der Waals surface area (Å²) < 4.78 is 0. The first-order chi connectivity index (χ1) is 6.11. The fourth-order valence-electron chi connectivity index (χ4n) is 1.16. The predicted molar refractivity (Wildman–Crippen MR) is 57.1 cm³/mol. The van der Waals surface area contributed by atoms with E-state index in [-0.39, 0.29) is 5.75 Å². The Bertz CT molecular complexity index is 326. The minimum Gasteiger partial charge on any atom is -0.504 e. The molecule has 0 aromatic heterocycles. The number of benzene rings is 1. The molecule has 0 bridgehead atoms. The first kappa shape index (κ1) is 10.5. The van der Waals surface area contributed by atoms with Crippen molar-refractivity contribution in [2.75, 3.05) is 12.4 Å². The summed E-state index contributed by atoms with van der Waals surface area (Å²) >= 11 is 11.9. The minimum atomic E-state index is 0.0606. The fourth-order valence-corrected chi connectivity index (χ4v) is 1.89. The van der Waals surface area contributed by atoms with Crippen LogP contribution in [0.3, 0.4) is 0 Å². The van der Waals surface area contributed by atoms with Crippen LogP contribution in [0.25, 0.3) is 0 Å². The summed E-state index contributed by atoms with van der Waals surface area (Å²) in [7, 11) is 1.70. The van der Waals surface area contributed by atoms with Gasteiger partial charge in [-0.15, -0.1) is 0 Å². The van der Waals surface area contributed by atoms with Gasteiger partial charge in [0.05, 0.1) is 10.7 Å². The Labute approximate surface area is 87.5 Å². The molecule has 0 amide bonds. The summed E-state index contributed by atoms with van der Waals surface area (Å²) in [6.45, 7) is 1.94. The van der Waals surface area contributed by atoms with Crippen molar-refractivity contribution in [3.63, 3.8) is 0 Å². The molecule has 0 spiro atoms. The van der Waals surface area contributed by atoms with Gasteiger partial charge in [-0.2, -0.15) is 0 Å². The highest BCUT2D eigenvalue weighted by Crippen LogP contribution is 2.39. The third-order valence-corrected chi connectivity index (χ3v) is 2.65. The molecule has 2 nitrogen and oxygen atoms in total. The lowest BCUT2D eigenvalue weighted by atomic mass is 10.1. The van der Waals surface area contributed by atoms with Crippen LogP contribution in [0.2, 0.25) is 10.0 Å². The molecule has 0 fully saturated rings. The third-order valence-electron chi connectivity index (χ3n) is 1.91. The summed E-state index contributed by atoms with van der Waals surface area (Å²) in [5, 5.41) is 13.3. The lowest BCUT2D eigenvalue weighted by Crippen LogP contribution is -1.93. The molecule has 0 atom stereocenters. The standard InChI is InChI=1S/C9H11Cl2NO/c1-3-5-6(10)4-7(12-2)9(13)8(5)11/h4,12-13H,3H2,1-2H3. The Morgan fingerprint density at radius 2 is 2.08 bits per heavy atom. The Hall–Kier alpha value is -0.600. The first-order valence-electron chi connectivity index (χ1n) is 3.99. The molecule has 0 saturated heterocycles. The largest absolute Gasteiger partial charge is 0.504 e. The van der Waals surface area contributed by atoms with E-state index in [1.165, 1.54) is 0 Å². The zero-order chi connectivity index (χ0) is 10.0. The first-order valence-corrected chi connectivity index (χ1v) is 4.75. The lowest BCUT2D eigenvalue weighted by molar-refractivity contribution is 0.477. The highest BCUT2D eigenvalue weighted by atomic mass is 35.5. The number of halogens is 2. The van der Waals surface area contributed by atoms with Crippen molar-refractivity contribution >= 4 is 28.9 Å². The summed E-state index contributed by atoms with van der Waals surface area (Å²) in [6.07, 6.45) is 0.704. The van der Waals surface area contributed by atoms with Gasteiger partial charge in [0.2, 0.25) is 0 Å². The van der Waals surface area contributed by atoms with Gasteiger partial charge in [0, 0.05) is 12.1 Å². The predicted octanol–water partition coefficient (Wildman–Crippen LogP) is 3.30. The monoisotopic (exact) mass is 219 g/mol. The van der Waals surface area contributed by atoms with E-state index in [0.29, 0.717) is 22.2 Å². The lowest BCUT2D eigenvalue weighted by Gasteiger charge is -2.10. The Balaban J connectivity index is 3.37. The van der Waals surface area contributed by atoms with Crippen LogP contribution < -0.4 is 5.32 Å². The van der Waals surface area contributed by atoms with E-state index >= 15 is 0 Å². The van der Waals surface area contributed by atoms with E-state index in [1.54, 1.807) is 13.1 Å². The van der Waals surface area contributed by atoms with Crippen LogP contribution >= 0.6 is 23.2 Å². The number of hydrogen-bond donors (Lipinski definition) is 2. The topological polar surface area (TPSA) is 32.3 Å². The smallest absolute Gasteiger partial charge is 0.157 e. The van der Waals surface area contributed by atoms with Crippen molar-refractivity contribution in [2.24, 2.45) is 0 Å². The van der Waals surface area contributed by atoms with Crippen molar-refractivity contribution in [1.82, 2.24) is 0 Å². The Kier molecular flexibility index (Phi) is 3.28. The number of rotatable bonds is 2. The van der Waals surface area contributed by atoms with Crippen molar-refractivity contribution in [3.8, 4) is 5.75 Å². The van der Waals surface area contributed by atoms with Crippen LogP contribution in [0.15, 0.2) is 6.07 Å². The second-order valence-corrected chi connectivity index (χ2v) is 3.44. The molecule has 1 aromatic rings. The molecule has 13 heavy (non-hydrogen) atoms. The third kappa shape index (κ3) is 1.84. The quantitative estimate of drug-likeness (QED) is 0.749. The summed E-state index contributed by atoms with van der Waals surface area (Å²) in [6, 6.07) is 1.67. The number of phenolic OH excluding ortho intramolecular Hbond substituents is 1. The van der Waals surface area contributed by atoms with Gasteiger partial charge < -0.3 is 10.4 Å². The molecule has 0 heterocycles. The van der Waals surface area contributed by atoms with Gasteiger partial charge in [-0.05, 0) is 18.1 Å². The molecule has 0 aliphatic carbocycles. The van der Waals surface area contributed by atoms with E-state index in [1.807, 2.05) is 6.92 Å². The van der Waals surface area contributed by atoms with Gasteiger partial charge in [-0.1, -0.05) is 30.1 Å². The molecule has 1 aromatic carbocycles. The van der Waals surface area contributed by atoms with Crippen LogP contribution in [0.4, 0.5) is 5.69 Å². The van der Waals surface area contributed by atoms with E-state index in [0.717, 1.165) is 5.56 Å². The van der Waals surface area contributed by atoms with Crippen molar-refractivity contribution in [1.29, 1.82) is 0 Å². The summed E-state index contributed by atoms with van der Waals surface area (Å²) in [4.78, 5) is 0. The van der Waals surface area contributed by atoms with Gasteiger partial charge in [0.25, 0.3) is 0 Å². The molecule has 2 N–H and O–H groups in total. The van der Waals surface area contributed by atoms with Crippen LogP contribution in [0, 0.1) is 0 Å². The van der Waals surface area contributed by atoms with Crippen LogP contribution in [-0.4, -0.2) is 12.2 Å². The van der Waals surface area contributed by atoms with Gasteiger partial charge in [-0.3, -0.25) is 0 Å². The van der Waals surface area contributed by atoms with Crippen molar-refractivity contribution in [3.05, 3.63) is 21.7 Å². The van der Waals surface area contributed by atoms with Crippen LogP contribution in [-0.2, 0) is 6.42 Å². The molecule has 0 unspecified atom stereocenters. The number of aromatic hydroxyl groups is 1. The molecule has 1 rings (SSSR count). The van der Waals surface area contributed by atoms with Crippen LogP contribution in [0.5, 0.6) is 5.75 Å². The van der Waals surface area contributed by atoms with Gasteiger partial charge in [0.15, 0.2) is 5.75 Å². The maximum Gasteiger partial charge on any atom is 0.157 e. The zero-order valence-electron chi connectivity index (χ0n) is 7.49.